The summed E-state index contributed by atoms with van der Waals surface area (Å²) < 4.78 is 18.2. The smallest absolute Gasteiger partial charge is 0.338 e. The van der Waals surface area contributed by atoms with E-state index in [9.17, 15) is 18.8 Å². The Hall–Kier alpha value is -3.42. The minimum atomic E-state index is -0.452. The molecule has 3 amide bonds. The number of nitrogens with zero attached hydrogens (tertiary/aromatic N) is 1. The second-order valence-electron chi connectivity index (χ2n) is 7.05. The monoisotopic (exact) mass is 413 g/mol. The number of anilines is 2. The van der Waals surface area contributed by atoms with Gasteiger partial charge in [0.25, 0.3) is 0 Å². The van der Waals surface area contributed by atoms with Crippen LogP contribution in [0.2, 0.25) is 0 Å². The molecule has 0 spiro atoms. The summed E-state index contributed by atoms with van der Waals surface area (Å²) in [7, 11) is 0. The molecule has 2 aromatic carbocycles. The van der Waals surface area contributed by atoms with Crippen LogP contribution in [-0.2, 0) is 9.53 Å². The molecule has 0 bridgehead atoms. The summed E-state index contributed by atoms with van der Waals surface area (Å²) in [6, 6.07) is 11.2. The van der Waals surface area contributed by atoms with E-state index in [0.717, 1.165) is 12.8 Å². The number of hydrogen-bond acceptors (Lipinski definition) is 4. The Balaban J connectivity index is 1.50. The molecular formula is C22H24FN3O4. The van der Waals surface area contributed by atoms with E-state index in [1.165, 1.54) is 29.2 Å². The third-order valence-electron chi connectivity index (χ3n) is 4.71. The van der Waals surface area contributed by atoms with Crippen LogP contribution in [0, 0.1) is 5.82 Å². The van der Waals surface area contributed by atoms with Gasteiger partial charge in [-0.2, -0.15) is 0 Å². The molecule has 0 radical (unpaired) electrons. The first-order chi connectivity index (χ1) is 14.5. The molecule has 7 nitrogen and oxygen atoms in total. The third-order valence-corrected chi connectivity index (χ3v) is 4.71. The zero-order chi connectivity index (χ0) is 21.5. The summed E-state index contributed by atoms with van der Waals surface area (Å²) in [5.41, 5.74) is 1.51. The highest BCUT2D eigenvalue weighted by Crippen LogP contribution is 2.22. The molecular weight excluding hydrogens is 389 g/mol. The normalized spacial score (nSPS) is 15.7. The number of nitrogens with one attached hydrogen (secondary N) is 2. The van der Waals surface area contributed by atoms with Crippen LogP contribution in [0.4, 0.5) is 20.6 Å². The minimum absolute atomic E-state index is 0.141. The van der Waals surface area contributed by atoms with E-state index in [0.29, 0.717) is 30.1 Å². The summed E-state index contributed by atoms with van der Waals surface area (Å²) in [4.78, 5) is 37.9. The number of rotatable bonds is 7. The van der Waals surface area contributed by atoms with Gasteiger partial charge in [-0.1, -0.05) is 13.3 Å². The van der Waals surface area contributed by atoms with Crippen molar-refractivity contribution >= 4 is 29.3 Å². The van der Waals surface area contributed by atoms with Gasteiger partial charge in [0, 0.05) is 24.3 Å². The summed E-state index contributed by atoms with van der Waals surface area (Å²) in [5.74, 6) is -0.915. The van der Waals surface area contributed by atoms with Gasteiger partial charge in [0.1, 0.15) is 5.82 Å². The van der Waals surface area contributed by atoms with Crippen molar-refractivity contribution in [1.82, 2.24) is 5.32 Å². The highest BCUT2D eigenvalue weighted by atomic mass is 19.1. The van der Waals surface area contributed by atoms with Crippen molar-refractivity contribution in [2.24, 2.45) is 0 Å². The van der Waals surface area contributed by atoms with Crippen molar-refractivity contribution in [1.29, 1.82) is 0 Å². The Bertz CT molecular complexity index is 900. The lowest BCUT2D eigenvalue weighted by Crippen LogP contribution is -2.39. The maximum atomic E-state index is 13.1. The molecule has 1 saturated heterocycles. The number of amides is 3. The van der Waals surface area contributed by atoms with Crippen molar-refractivity contribution in [2.45, 2.75) is 32.2 Å². The van der Waals surface area contributed by atoms with Crippen LogP contribution < -0.4 is 15.5 Å². The second-order valence-corrected chi connectivity index (χ2v) is 7.05. The van der Waals surface area contributed by atoms with Gasteiger partial charge >= 0.3 is 12.0 Å². The summed E-state index contributed by atoms with van der Waals surface area (Å²) >= 11 is 0. The van der Waals surface area contributed by atoms with Crippen molar-refractivity contribution < 1.29 is 23.5 Å². The zero-order valence-corrected chi connectivity index (χ0v) is 16.7. The van der Waals surface area contributed by atoms with Crippen LogP contribution in [0.3, 0.4) is 0 Å². The molecule has 1 heterocycles. The van der Waals surface area contributed by atoms with Crippen molar-refractivity contribution in [3.05, 3.63) is 59.9 Å². The second kappa shape index (κ2) is 9.87. The van der Waals surface area contributed by atoms with E-state index in [2.05, 4.69) is 10.6 Å². The van der Waals surface area contributed by atoms with Crippen LogP contribution in [-0.4, -0.2) is 37.1 Å². The lowest BCUT2D eigenvalue weighted by atomic mass is 10.2. The lowest BCUT2D eigenvalue weighted by molar-refractivity contribution is -0.117. The Morgan fingerprint density at radius 3 is 2.50 bits per heavy atom. The number of hydrogen-bond donors (Lipinski definition) is 2. The summed E-state index contributed by atoms with van der Waals surface area (Å²) in [5, 5.41) is 5.44. The van der Waals surface area contributed by atoms with Gasteiger partial charge in [-0.25, -0.2) is 14.0 Å². The fourth-order valence-corrected chi connectivity index (χ4v) is 3.11. The van der Waals surface area contributed by atoms with Gasteiger partial charge in [-0.15, -0.1) is 0 Å². The quantitative estimate of drug-likeness (QED) is 0.535. The average Bonchev–Trinajstić information content (AvgIpc) is 3.09. The first-order valence-electron chi connectivity index (χ1n) is 9.87. The van der Waals surface area contributed by atoms with Crippen LogP contribution in [0.15, 0.2) is 48.5 Å². The number of esters is 1. The molecule has 8 heteroatoms. The Morgan fingerprint density at radius 2 is 1.83 bits per heavy atom. The molecule has 2 N–H and O–H groups in total. The predicted octanol–water partition coefficient (Wildman–Crippen LogP) is 3.71. The van der Waals surface area contributed by atoms with Gasteiger partial charge < -0.3 is 20.3 Å². The maximum absolute atomic E-state index is 13.1. The Labute approximate surface area is 174 Å². The summed E-state index contributed by atoms with van der Waals surface area (Å²) in [6.45, 7) is 2.70. The van der Waals surface area contributed by atoms with Crippen LogP contribution >= 0.6 is 0 Å². The van der Waals surface area contributed by atoms with E-state index in [1.807, 2.05) is 6.92 Å². The molecule has 1 atom stereocenters. The first-order valence-corrected chi connectivity index (χ1v) is 9.87. The highest BCUT2D eigenvalue weighted by molar-refractivity contribution is 5.97. The molecule has 0 unspecified atom stereocenters. The molecule has 1 aliphatic rings. The first kappa shape index (κ1) is 21.3. The molecule has 3 rings (SSSR count). The largest absolute Gasteiger partial charge is 0.462 e. The molecule has 0 saturated carbocycles. The van der Waals surface area contributed by atoms with Gasteiger partial charge in [-0.05, 0) is 55.0 Å². The highest BCUT2D eigenvalue weighted by Gasteiger charge is 2.31. The zero-order valence-electron chi connectivity index (χ0n) is 16.7. The van der Waals surface area contributed by atoms with Crippen LogP contribution in [0.5, 0.6) is 0 Å². The number of carbonyl (C=O) groups excluding carboxylic acids is 3. The van der Waals surface area contributed by atoms with Gasteiger partial charge in [0.2, 0.25) is 5.91 Å². The molecule has 0 aromatic heterocycles. The van der Waals surface area contributed by atoms with E-state index in [-0.39, 0.29) is 24.2 Å². The van der Waals surface area contributed by atoms with Crippen molar-refractivity contribution in [2.75, 3.05) is 23.4 Å². The number of halogens is 1. The van der Waals surface area contributed by atoms with Crippen molar-refractivity contribution in [3.63, 3.8) is 0 Å². The minimum Gasteiger partial charge on any atom is -0.462 e. The lowest BCUT2D eigenvalue weighted by Gasteiger charge is -2.17. The van der Waals surface area contributed by atoms with Gasteiger partial charge in [-0.3, -0.25) is 4.79 Å². The molecule has 1 fully saturated rings. The molecule has 0 aliphatic carbocycles. The topological polar surface area (TPSA) is 87.7 Å². The number of ether oxygens (including phenoxy) is 1. The van der Waals surface area contributed by atoms with E-state index in [4.69, 9.17) is 4.74 Å². The van der Waals surface area contributed by atoms with Gasteiger partial charge in [0.05, 0.1) is 18.2 Å². The molecule has 2 aromatic rings. The molecule has 30 heavy (non-hydrogen) atoms. The van der Waals surface area contributed by atoms with Crippen LogP contribution in [0.1, 0.15) is 36.5 Å². The maximum Gasteiger partial charge on any atom is 0.338 e. The SMILES string of the molecule is CCCCOC(=O)c1ccc(NC(=O)N[C@H]2CC(=O)N(c3ccc(F)cc3)C2)cc1. The Morgan fingerprint density at radius 1 is 1.13 bits per heavy atom. The number of benzene rings is 2. The van der Waals surface area contributed by atoms with Gasteiger partial charge in [0.15, 0.2) is 0 Å². The molecule has 158 valence electrons. The van der Waals surface area contributed by atoms with E-state index >= 15 is 0 Å². The standard InChI is InChI=1S/C22H24FN3O4/c1-2-3-12-30-21(28)15-4-8-17(9-5-15)24-22(29)25-18-13-20(27)26(14-18)19-10-6-16(23)7-11-19/h4-11,18H,2-3,12-14H2,1H3,(H2,24,25,29)/t18-/m0/s1. The fourth-order valence-electron chi connectivity index (χ4n) is 3.11. The summed E-state index contributed by atoms with van der Waals surface area (Å²) in [6.07, 6.45) is 1.92. The Kier molecular flexibility index (Phi) is 7.00. The third kappa shape index (κ3) is 5.56. The molecule has 1 aliphatic heterocycles. The van der Waals surface area contributed by atoms with E-state index in [1.54, 1.807) is 24.3 Å². The number of unbranched alkanes of at least 4 members (excludes halogenated alkanes) is 1. The van der Waals surface area contributed by atoms with Crippen LogP contribution in [0.25, 0.3) is 0 Å². The average molecular weight is 413 g/mol. The predicted molar refractivity (Wildman–Crippen MR) is 111 cm³/mol. The number of carbonyl (C=O) groups is 3. The number of urea groups is 1. The van der Waals surface area contributed by atoms with E-state index < -0.39 is 12.0 Å². The van der Waals surface area contributed by atoms with Crippen molar-refractivity contribution in [3.8, 4) is 0 Å². The fraction of sp³-hybridized carbons (Fsp3) is 0.318.